The highest BCUT2D eigenvalue weighted by atomic mass is 15.2. The molecule has 0 aromatic rings. The maximum atomic E-state index is 3.48. The van der Waals surface area contributed by atoms with Crippen molar-refractivity contribution in [2.45, 2.75) is 18.6 Å². The van der Waals surface area contributed by atoms with Gasteiger partial charge in [0.1, 0.15) is 0 Å². The summed E-state index contributed by atoms with van der Waals surface area (Å²) in [5.41, 5.74) is 0. The van der Waals surface area contributed by atoms with E-state index in [-0.39, 0.29) is 0 Å². The molecule has 2 rings (SSSR count). The van der Waals surface area contributed by atoms with Crippen molar-refractivity contribution in [3.63, 3.8) is 0 Å². The molecular weight excluding hydrogens is 114 g/mol. The van der Waals surface area contributed by atoms with Gasteiger partial charge in [-0.3, -0.25) is 5.32 Å². The van der Waals surface area contributed by atoms with E-state index in [1.165, 1.54) is 13.0 Å². The quantitative estimate of drug-likeness (QED) is 0.385. The van der Waals surface area contributed by atoms with Crippen LogP contribution in [0.2, 0.25) is 0 Å². The minimum Gasteiger partial charge on any atom is -0.312 e. The second kappa shape index (κ2) is 2.25. The Labute approximate surface area is 55.2 Å². The minimum absolute atomic E-state index is 0.539. The average molecular weight is 127 g/mol. The Kier molecular flexibility index (Phi) is 1.41. The first-order valence-corrected chi connectivity index (χ1v) is 3.65. The van der Waals surface area contributed by atoms with E-state index in [0.717, 1.165) is 19.1 Å². The van der Waals surface area contributed by atoms with Crippen molar-refractivity contribution in [1.82, 2.24) is 16.0 Å². The van der Waals surface area contributed by atoms with E-state index >= 15 is 0 Å². The van der Waals surface area contributed by atoms with Gasteiger partial charge in [-0.15, -0.1) is 0 Å². The van der Waals surface area contributed by atoms with E-state index in [0.29, 0.717) is 6.17 Å². The third-order valence-electron chi connectivity index (χ3n) is 2.06. The maximum absolute atomic E-state index is 3.48. The number of hydrogen-bond donors (Lipinski definition) is 3. The largest absolute Gasteiger partial charge is 0.312 e. The van der Waals surface area contributed by atoms with E-state index in [1.807, 2.05) is 0 Å². The number of nitrogens with one attached hydrogen (secondary N) is 3. The molecule has 0 amide bonds. The molecule has 2 fully saturated rings. The van der Waals surface area contributed by atoms with E-state index in [4.69, 9.17) is 0 Å². The molecule has 2 aliphatic rings. The van der Waals surface area contributed by atoms with Gasteiger partial charge in [0.05, 0.1) is 6.17 Å². The summed E-state index contributed by atoms with van der Waals surface area (Å²) < 4.78 is 0. The van der Waals surface area contributed by atoms with Crippen LogP contribution in [-0.2, 0) is 0 Å². The molecule has 0 unspecified atom stereocenters. The molecule has 9 heavy (non-hydrogen) atoms. The van der Waals surface area contributed by atoms with Crippen LogP contribution in [0.25, 0.3) is 0 Å². The first kappa shape index (κ1) is 5.65. The van der Waals surface area contributed by atoms with Crippen LogP contribution in [0.5, 0.6) is 0 Å². The molecule has 2 atom stereocenters. The number of piperazine rings is 1. The maximum Gasteiger partial charge on any atom is 0.0703 e. The van der Waals surface area contributed by atoms with E-state index in [1.54, 1.807) is 0 Å². The van der Waals surface area contributed by atoms with Crippen LogP contribution >= 0.6 is 0 Å². The lowest BCUT2D eigenvalue weighted by molar-refractivity contribution is 0.242. The minimum atomic E-state index is 0.539. The third kappa shape index (κ3) is 1.08. The average Bonchev–Trinajstić information content (AvgIpc) is 1.88. The van der Waals surface area contributed by atoms with Gasteiger partial charge in [-0.2, -0.15) is 0 Å². The first-order chi connectivity index (χ1) is 4.45. The van der Waals surface area contributed by atoms with Crippen molar-refractivity contribution in [3.05, 3.63) is 0 Å². The zero-order valence-electron chi connectivity index (χ0n) is 5.48. The smallest absolute Gasteiger partial charge is 0.0703 e. The van der Waals surface area contributed by atoms with Crippen LogP contribution in [0.1, 0.15) is 6.42 Å². The normalized spacial score (nSPS) is 42.7. The first-order valence-electron chi connectivity index (χ1n) is 3.65. The Morgan fingerprint density at radius 3 is 3.00 bits per heavy atom. The fourth-order valence-corrected chi connectivity index (χ4v) is 1.55. The monoisotopic (exact) mass is 127 g/mol. The van der Waals surface area contributed by atoms with E-state index in [2.05, 4.69) is 16.0 Å². The Morgan fingerprint density at radius 2 is 2.22 bits per heavy atom. The van der Waals surface area contributed by atoms with Gasteiger partial charge in [-0.25, -0.2) is 0 Å². The Hall–Kier alpha value is -0.120. The summed E-state index contributed by atoms with van der Waals surface area (Å²) in [6.45, 7) is 3.42. The topological polar surface area (TPSA) is 36.1 Å². The van der Waals surface area contributed by atoms with Crippen LogP contribution in [0.15, 0.2) is 0 Å². The summed E-state index contributed by atoms with van der Waals surface area (Å²) in [5.74, 6) is 0. The third-order valence-corrected chi connectivity index (χ3v) is 2.06. The number of hydrogen-bond acceptors (Lipinski definition) is 3. The Balaban J connectivity index is 1.96. The van der Waals surface area contributed by atoms with Crippen LogP contribution in [-0.4, -0.2) is 31.8 Å². The van der Waals surface area contributed by atoms with Gasteiger partial charge in [0.15, 0.2) is 0 Å². The molecule has 2 aliphatic heterocycles. The molecule has 0 aliphatic carbocycles. The SMILES string of the molecule is C1C[C@@H]2CNC[C@@H](N1)N2. The molecule has 3 nitrogen and oxygen atoms in total. The molecule has 0 radical (unpaired) electrons. The van der Waals surface area contributed by atoms with Gasteiger partial charge < -0.3 is 10.6 Å². The molecule has 0 aromatic carbocycles. The van der Waals surface area contributed by atoms with Gasteiger partial charge in [0.25, 0.3) is 0 Å². The summed E-state index contributed by atoms with van der Waals surface area (Å²) in [6.07, 6.45) is 1.81. The zero-order valence-corrected chi connectivity index (χ0v) is 5.48. The lowest BCUT2D eigenvalue weighted by Gasteiger charge is -2.37. The lowest BCUT2D eigenvalue weighted by atomic mass is 10.1. The standard InChI is InChI=1S/C6H13N3/c1-2-8-6-4-7-3-5(1)9-6/h5-9H,1-4H2/t5-,6+/m1/s1. The second-order valence-electron chi connectivity index (χ2n) is 2.82. The van der Waals surface area contributed by atoms with Gasteiger partial charge in [-0.05, 0) is 13.0 Å². The van der Waals surface area contributed by atoms with Gasteiger partial charge in [0.2, 0.25) is 0 Å². The fraction of sp³-hybridized carbons (Fsp3) is 1.00. The summed E-state index contributed by atoms with van der Waals surface area (Å²) >= 11 is 0. The summed E-state index contributed by atoms with van der Waals surface area (Å²) in [4.78, 5) is 0. The van der Waals surface area contributed by atoms with Crippen molar-refractivity contribution in [3.8, 4) is 0 Å². The van der Waals surface area contributed by atoms with Crippen LogP contribution in [0, 0.1) is 0 Å². The van der Waals surface area contributed by atoms with Crippen molar-refractivity contribution in [2.75, 3.05) is 19.6 Å². The van der Waals surface area contributed by atoms with Crippen molar-refractivity contribution in [1.29, 1.82) is 0 Å². The molecule has 2 bridgehead atoms. The van der Waals surface area contributed by atoms with E-state index in [9.17, 15) is 0 Å². The summed E-state index contributed by atoms with van der Waals surface area (Å²) in [7, 11) is 0. The highest BCUT2D eigenvalue weighted by Crippen LogP contribution is 2.01. The van der Waals surface area contributed by atoms with Crippen molar-refractivity contribution >= 4 is 0 Å². The predicted octanol–water partition coefficient (Wildman–Crippen LogP) is -1.13. The van der Waals surface area contributed by atoms with Crippen molar-refractivity contribution in [2.24, 2.45) is 0 Å². The summed E-state index contributed by atoms with van der Waals surface area (Å²) in [6, 6.07) is 0.727. The highest BCUT2D eigenvalue weighted by Gasteiger charge is 2.23. The number of fused-ring (bicyclic) bond motifs is 2. The molecule has 0 aromatic heterocycles. The lowest BCUT2D eigenvalue weighted by Crippen LogP contribution is -2.64. The molecule has 52 valence electrons. The second-order valence-corrected chi connectivity index (χ2v) is 2.82. The summed E-state index contributed by atoms with van der Waals surface area (Å²) in [5, 5.41) is 10.2. The Bertz CT molecular complexity index is 84.5. The van der Waals surface area contributed by atoms with Crippen LogP contribution < -0.4 is 16.0 Å². The predicted molar refractivity (Wildman–Crippen MR) is 36.2 cm³/mol. The van der Waals surface area contributed by atoms with Gasteiger partial charge in [0, 0.05) is 19.1 Å². The van der Waals surface area contributed by atoms with Crippen LogP contribution in [0.4, 0.5) is 0 Å². The van der Waals surface area contributed by atoms with Gasteiger partial charge >= 0.3 is 0 Å². The van der Waals surface area contributed by atoms with Gasteiger partial charge in [-0.1, -0.05) is 0 Å². The molecule has 2 saturated heterocycles. The number of rotatable bonds is 0. The van der Waals surface area contributed by atoms with Crippen LogP contribution in [0.3, 0.4) is 0 Å². The van der Waals surface area contributed by atoms with E-state index < -0.39 is 0 Å². The van der Waals surface area contributed by atoms with Crippen molar-refractivity contribution < 1.29 is 0 Å². The molecule has 0 saturated carbocycles. The Morgan fingerprint density at radius 1 is 1.22 bits per heavy atom. The molecule has 2 heterocycles. The molecular formula is C6H13N3. The molecule has 3 heteroatoms. The molecule has 3 N–H and O–H groups in total. The zero-order chi connectivity index (χ0) is 6.10. The fourth-order valence-electron chi connectivity index (χ4n) is 1.55. The molecule has 0 spiro atoms. The highest BCUT2D eigenvalue weighted by molar-refractivity contribution is 4.86.